The second-order valence-corrected chi connectivity index (χ2v) is 5.56. The zero-order valence-corrected chi connectivity index (χ0v) is 14.1. The van der Waals surface area contributed by atoms with Crippen molar-refractivity contribution >= 4 is 36.5 Å². The van der Waals surface area contributed by atoms with E-state index >= 15 is 0 Å². The van der Waals surface area contributed by atoms with Gasteiger partial charge in [-0.1, -0.05) is 6.07 Å². The van der Waals surface area contributed by atoms with E-state index in [1.807, 2.05) is 36.9 Å². The van der Waals surface area contributed by atoms with Crippen molar-refractivity contribution in [2.45, 2.75) is 13.8 Å². The lowest BCUT2D eigenvalue weighted by atomic mass is 9.91. The summed E-state index contributed by atoms with van der Waals surface area (Å²) in [6, 6.07) is 5.89. The Morgan fingerprint density at radius 3 is 2.33 bits per heavy atom. The van der Waals surface area contributed by atoms with Crippen LogP contribution in [-0.4, -0.2) is 48.5 Å². The SMILES string of the molecule is CC(C)(CN)C(=O)N1CCN(c2ccccn2)CC1.Cl.Cl. The standard InChI is InChI=1S/C14H22N4O.2ClH/c1-14(2,11-15)13(19)18-9-7-17(8-10-18)12-5-3-4-6-16-12;;/h3-6H,7-11,15H2,1-2H3;2*1H. The highest BCUT2D eigenvalue weighted by Gasteiger charge is 2.32. The van der Waals surface area contributed by atoms with Crippen molar-refractivity contribution in [2.24, 2.45) is 11.1 Å². The van der Waals surface area contributed by atoms with Crippen LogP contribution in [0.3, 0.4) is 0 Å². The molecule has 0 saturated carbocycles. The molecule has 2 N–H and O–H groups in total. The highest BCUT2D eigenvalue weighted by atomic mass is 35.5. The van der Waals surface area contributed by atoms with Gasteiger partial charge in [-0.3, -0.25) is 4.79 Å². The summed E-state index contributed by atoms with van der Waals surface area (Å²) in [5.74, 6) is 1.13. The van der Waals surface area contributed by atoms with Gasteiger partial charge in [-0.2, -0.15) is 0 Å². The first-order valence-corrected chi connectivity index (χ1v) is 6.70. The van der Waals surface area contributed by atoms with Crippen molar-refractivity contribution in [1.29, 1.82) is 0 Å². The summed E-state index contributed by atoms with van der Waals surface area (Å²) in [6.07, 6.45) is 1.80. The summed E-state index contributed by atoms with van der Waals surface area (Å²) < 4.78 is 0. The number of carbonyl (C=O) groups is 1. The lowest BCUT2D eigenvalue weighted by Crippen LogP contribution is -2.53. The molecule has 0 bridgehead atoms. The Morgan fingerprint density at radius 2 is 1.86 bits per heavy atom. The Kier molecular flexibility index (Phi) is 8.00. The van der Waals surface area contributed by atoms with Crippen molar-refractivity contribution < 1.29 is 4.79 Å². The first kappa shape index (κ1) is 20.0. The van der Waals surface area contributed by atoms with Gasteiger partial charge in [0, 0.05) is 38.9 Å². The molecule has 21 heavy (non-hydrogen) atoms. The van der Waals surface area contributed by atoms with Crippen molar-refractivity contribution in [2.75, 3.05) is 37.6 Å². The van der Waals surface area contributed by atoms with Crippen LogP contribution < -0.4 is 10.6 Å². The van der Waals surface area contributed by atoms with Crippen molar-refractivity contribution in [3.05, 3.63) is 24.4 Å². The highest BCUT2D eigenvalue weighted by Crippen LogP contribution is 2.19. The monoisotopic (exact) mass is 334 g/mol. The fourth-order valence-corrected chi connectivity index (χ4v) is 2.19. The zero-order chi connectivity index (χ0) is 13.9. The molecule has 0 unspecified atom stereocenters. The van der Waals surface area contributed by atoms with Crippen LogP contribution in [-0.2, 0) is 4.79 Å². The molecule has 0 aliphatic carbocycles. The van der Waals surface area contributed by atoms with Gasteiger partial charge in [0.15, 0.2) is 0 Å². The van der Waals surface area contributed by atoms with Gasteiger partial charge >= 0.3 is 0 Å². The lowest BCUT2D eigenvalue weighted by Gasteiger charge is -2.38. The number of hydrogen-bond acceptors (Lipinski definition) is 4. The van der Waals surface area contributed by atoms with Crippen LogP contribution in [0.4, 0.5) is 5.82 Å². The minimum atomic E-state index is -0.465. The molecule has 0 aromatic carbocycles. The molecular formula is C14H24Cl2N4O. The third-order valence-electron chi connectivity index (χ3n) is 3.63. The van der Waals surface area contributed by atoms with E-state index < -0.39 is 5.41 Å². The molecule has 0 atom stereocenters. The third-order valence-corrected chi connectivity index (χ3v) is 3.63. The number of hydrogen-bond donors (Lipinski definition) is 1. The molecule has 1 aromatic rings. The van der Waals surface area contributed by atoms with E-state index in [1.165, 1.54) is 0 Å². The lowest BCUT2D eigenvalue weighted by molar-refractivity contribution is -0.140. The Balaban J connectivity index is 0.00000200. The van der Waals surface area contributed by atoms with Gasteiger partial charge in [-0.05, 0) is 26.0 Å². The molecule has 1 aliphatic rings. The van der Waals surface area contributed by atoms with E-state index in [4.69, 9.17) is 5.73 Å². The van der Waals surface area contributed by atoms with Crippen LogP contribution in [0, 0.1) is 5.41 Å². The first-order valence-electron chi connectivity index (χ1n) is 6.70. The van der Waals surface area contributed by atoms with Crippen LogP contribution in [0.1, 0.15) is 13.8 Å². The molecule has 120 valence electrons. The topological polar surface area (TPSA) is 62.5 Å². The molecule has 7 heteroatoms. The van der Waals surface area contributed by atoms with Crippen LogP contribution >= 0.6 is 24.8 Å². The predicted molar refractivity (Wildman–Crippen MR) is 90.4 cm³/mol. The van der Waals surface area contributed by atoms with Gasteiger partial charge in [0.2, 0.25) is 5.91 Å². The molecule has 5 nitrogen and oxygen atoms in total. The summed E-state index contributed by atoms with van der Waals surface area (Å²) in [5.41, 5.74) is 5.20. The number of halogens is 2. The minimum absolute atomic E-state index is 0. The van der Waals surface area contributed by atoms with Gasteiger partial charge in [-0.15, -0.1) is 24.8 Å². The van der Waals surface area contributed by atoms with Crippen LogP contribution in [0.2, 0.25) is 0 Å². The summed E-state index contributed by atoms with van der Waals surface area (Å²) in [6.45, 7) is 7.30. The molecule has 0 spiro atoms. The highest BCUT2D eigenvalue weighted by molar-refractivity contribution is 5.85. The number of aromatic nitrogens is 1. The number of amides is 1. The number of carbonyl (C=O) groups excluding carboxylic acids is 1. The van der Waals surface area contributed by atoms with Crippen LogP contribution in [0.5, 0.6) is 0 Å². The number of piperazine rings is 1. The average Bonchev–Trinajstić information content (AvgIpc) is 2.47. The van der Waals surface area contributed by atoms with E-state index in [0.29, 0.717) is 6.54 Å². The van der Waals surface area contributed by atoms with Crippen molar-refractivity contribution in [1.82, 2.24) is 9.88 Å². The molecule has 2 rings (SSSR count). The maximum Gasteiger partial charge on any atom is 0.229 e. The summed E-state index contributed by atoms with van der Waals surface area (Å²) in [5, 5.41) is 0. The molecule has 1 amide bonds. The Bertz CT molecular complexity index is 434. The maximum absolute atomic E-state index is 12.3. The second-order valence-electron chi connectivity index (χ2n) is 5.56. The van der Waals surface area contributed by atoms with Crippen molar-refractivity contribution in [3.8, 4) is 0 Å². The fraction of sp³-hybridized carbons (Fsp3) is 0.571. The molecule has 1 aromatic heterocycles. The van der Waals surface area contributed by atoms with E-state index in [-0.39, 0.29) is 30.7 Å². The van der Waals surface area contributed by atoms with Gasteiger partial charge in [-0.25, -0.2) is 4.98 Å². The summed E-state index contributed by atoms with van der Waals surface area (Å²) in [7, 11) is 0. The molecule has 0 radical (unpaired) electrons. The number of anilines is 1. The van der Waals surface area contributed by atoms with Crippen LogP contribution in [0.15, 0.2) is 24.4 Å². The van der Waals surface area contributed by atoms with Crippen molar-refractivity contribution in [3.63, 3.8) is 0 Å². The first-order chi connectivity index (χ1) is 9.04. The second kappa shape index (κ2) is 8.41. The number of pyridine rings is 1. The van der Waals surface area contributed by atoms with E-state index in [9.17, 15) is 4.79 Å². The summed E-state index contributed by atoms with van der Waals surface area (Å²) >= 11 is 0. The van der Waals surface area contributed by atoms with E-state index in [2.05, 4.69) is 9.88 Å². The smallest absolute Gasteiger partial charge is 0.229 e. The maximum atomic E-state index is 12.3. The van der Waals surface area contributed by atoms with Gasteiger partial charge in [0.25, 0.3) is 0 Å². The van der Waals surface area contributed by atoms with Gasteiger partial charge in [0.1, 0.15) is 5.82 Å². The predicted octanol–water partition coefficient (Wildman–Crippen LogP) is 1.56. The normalized spacial score (nSPS) is 15.0. The average molecular weight is 335 g/mol. The van der Waals surface area contributed by atoms with Gasteiger partial charge in [0.05, 0.1) is 5.41 Å². The van der Waals surface area contributed by atoms with Gasteiger partial charge < -0.3 is 15.5 Å². The Labute approximate surface area is 138 Å². The van der Waals surface area contributed by atoms with E-state index in [1.54, 1.807) is 6.20 Å². The Morgan fingerprint density at radius 1 is 1.24 bits per heavy atom. The minimum Gasteiger partial charge on any atom is -0.353 e. The largest absolute Gasteiger partial charge is 0.353 e. The molecule has 1 fully saturated rings. The molecule has 1 saturated heterocycles. The number of nitrogens with zero attached hydrogens (tertiary/aromatic N) is 3. The fourth-order valence-electron chi connectivity index (χ4n) is 2.19. The zero-order valence-electron chi connectivity index (χ0n) is 12.5. The number of rotatable bonds is 3. The third kappa shape index (κ3) is 4.73. The summed E-state index contributed by atoms with van der Waals surface area (Å²) in [4.78, 5) is 20.8. The quantitative estimate of drug-likeness (QED) is 0.911. The Hall–Kier alpha value is -1.04. The van der Waals surface area contributed by atoms with E-state index in [0.717, 1.165) is 32.0 Å². The molecule has 2 heterocycles. The number of nitrogens with two attached hydrogens (primary N) is 1. The molecule has 1 aliphatic heterocycles. The van der Waals surface area contributed by atoms with Crippen LogP contribution in [0.25, 0.3) is 0 Å². The molecular weight excluding hydrogens is 311 g/mol.